The summed E-state index contributed by atoms with van der Waals surface area (Å²) in [5, 5.41) is 19.3. The monoisotopic (exact) mass is 259 g/mol. The second-order valence-electron chi connectivity index (χ2n) is 2.66. The standard InChI is InChI=1S/C6H14NO8P/c8-1-2-14-4-7-5(6(9)10)3-15-16(11,12)13/h5,7-8H,1-4H2,(H,9,10)(H2,11,12,13). The Hall–Kier alpha value is -0.540. The van der Waals surface area contributed by atoms with E-state index in [1.807, 2.05) is 0 Å². The van der Waals surface area contributed by atoms with Crippen LogP contribution in [0, 0.1) is 0 Å². The number of ether oxygens (including phenoxy) is 1. The number of aliphatic hydroxyl groups is 1. The van der Waals surface area contributed by atoms with Gasteiger partial charge in [0.1, 0.15) is 6.04 Å². The molecular weight excluding hydrogens is 245 g/mol. The van der Waals surface area contributed by atoms with Crippen LogP contribution in [0.1, 0.15) is 0 Å². The highest BCUT2D eigenvalue weighted by atomic mass is 31.2. The van der Waals surface area contributed by atoms with E-state index in [-0.39, 0.29) is 19.9 Å². The van der Waals surface area contributed by atoms with Crippen molar-refractivity contribution in [1.82, 2.24) is 5.32 Å². The third kappa shape index (κ3) is 8.74. The molecule has 96 valence electrons. The highest BCUT2D eigenvalue weighted by Crippen LogP contribution is 2.35. The summed E-state index contributed by atoms with van der Waals surface area (Å²) in [6, 6.07) is -1.30. The Labute approximate surface area is 91.2 Å². The van der Waals surface area contributed by atoms with Gasteiger partial charge in [-0.25, -0.2) is 4.57 Å². The molecule has 5 N–H and O–H groups in total. The summed E-state index contributed by atoms with van der Waals surface area (Å²) < 4.78 is 19.1. The minimum atomic E-state index is -4.69. The van der Waals surface area contributed by atoms with Crippen molar-refractivity contribution >= 4 is 13.8 Å². The van der Waals surface area contributed by atoms with Crippen LogP contribution in [0.4, 0.5) is 0 Å². The van der Waals surface area contributed by atoms with Crippen LogP contribution in [0.5, 0.6) is 0 Å². The first-order chi connectivity index (χ1) is 7.37. The predicted octanol–water partition coefficient (Wildman–Crippen LogP) is -1.90. The number of aliphatic carboxylic acids is 1. The van der Waals surface area contributed by atoms with Crippen LogP contribution in [0.3, 0.4) is 0 Å². The van der Waals surface area contributed by atoms with Crippen molar-refractivity contribution < 1.29 is 38.6 Å². The summed E-state index contributed by atoms with van der Waals surface area (Å²) in [7, 11) is -4.69. The van der Waals surface area contributed by atoms with E-state index in [0.29, 0.717) is 0 Å². The maximum atomic E-state index is 10.6. The lowest BCUT2D eigenvalue weighted by molar-refractivity contribution is -0.141. The molecular formula is C6H14NO8P. The Morgan fingerprint density at radius 2 is 2.06 bits per heavy atom. The van der Waals surface area contributed by atoms with Gasteiger partial charge >= 0.3 is 13.8 Å². The van der Waals surface area contributed by atoms with Gasteiger partial charge in [0.2, 0.25) is 0 Å². The Balaban J connectivity index is 3.89. The number of hydrogen-bond donors (Lipinski definition) is 5. The smallest absolute Gasteiger partial charge is 0.469 e. The van der Waals surface area contributed by atoms with E-state index in [0.717, 1.165) is 0 Å². The predicted molar refractivity (Wildman–Crippen MR) is 50.5 cm³/mol. The van der Waals surface area contributed by atoms with Gasteiger partial charge in [-0.2, -0.15) is 0 Å². The number of phosphoric acid groups is 1. The molecule has 0 aromatic heterocycles. The van der Waals surface area contributed by atoms with Crippen LogP contribution >= 0.6 is 7.82 Å². The first-order valence-electron chi connectivity index (χ1n) is 4.21. The van der Waals surface area contributed by atoms with Crippen molar-refractivity contribution in [3.8, 4) is 0 Å². The SMILES string of the molecule is O=C(O)C(COP(=O)(O)O)NCOCCO. The van der Waals surface area contributed by atoms with E-state index in [2.05, 4.69) is 9.84 Å². The van der Waals surface area contributed by atoms with Gasteiger partial charge in [0.25, 0.3) is 0 Å². The maximum absolute atomic E-state index is 10.6. The van der Waals surface area contributed by atoms with Crippen LogP contribution < -0.4 is 5.32 Å². The first-order valence-corrected chi connectivity index (χ1v) is 5.74. The summed E-state index contributed by atoms with van der Waals surface area (Å²) in [6.45, 7) is -1.05. The molecule has 0 saturated carbocycles. The van der Waals surface area contributed by atoms with Crippen molar-refractivity contribution in [3.63, 3.8) is 0 Å². The molecule has 0 spiro atoms. The fraction of sp³-hybridized carbons (Fsp3) is 0.833. The Bertz CT molecular complexity index is 253. The molecule has 0 aliphatic rings. The topological polar surface area (TPSA) is 146 Å². The van der Waals surface area contributed by atoms with Crippen LogP contribution in [0.25, 0.3) is 0 Å². The average molecular weight is 259 g/mol. The number of nitrogens with one attached hydrogen (secondary N) is 1. The zero-order valence-electron chi connectivity index (χ0n) is 8.27. The second-order valence-corrected chi connectivity index (χ2v) is 3.90. The highest BCUT2D eigenvalue weighted by Gasteiger charge is 2.22. The summed E-state index contributed by atoms with van der Waals surface area (Å²) in [5.41, 5.74) is 0. The van der Waals surface area contributed by atoms with Crippen LogP contribution in [0.2, 0.25) is 0 Å². The van der Waals surface area contributed by atoms with Crippen molar-refractivity contribution in [2.24, 2.45) is 0 Å². The molecule has 0 radical (unpaired) electrons. The number of carboxylic acid groups (broad SMARTS) is 1. The van der Waals surface area contributed by atoms with Crippen molar-refractivity contribution in [2.75, 3.05) is 26.6 Å². The quantitative estimate of drug-likeness (QED) is 0.182. The molecule has 0 amide bonds. The zero-order valence-corrected chi connectivity index (χ0v) is 9.17. The molecule has 0 bridgehead atoms. The lowest BCUT2D eigenvalue weighted by Gasteiger charge is -2.14. The Morgan fingerprint density at radius 1 is 1.44 bits per heavy atom. The fourth-order valence-electron chi connectivity index (χ4n) is 0.685. The number of aliphatic hydroxyl groups excluding tert-OH is 1. The Morgan fingerprint density at radius 3 is 2.50 bits per heavy atom. The molecule has 0 fully saturated rings. The number of rotatable bonds is 9. The molecule has 0 aromatic rings. The number of carbonyl (C=O) groups is 1. The van der Waals surface area contributed by atoms with Gasteiger partial charge in [0.15, 0.2) is 0 Å². The summed E-state index contributed by atoms with van der Waals surface area (Å²) in [4.78, 5) is 27.3. The minimum absolute atomic E-state index is 0.0265. The molecule has 0 rings (SSSR count). The third-order valence-electron chi connectivity index (χ3n) is 1.37. The van der Waals surface area contributed by atoms with Crippen LogP contribution in [0.15, 0.2) is 0 Å². The molecule has 10 heteroatoms. The molecule has 16 heavy (non-hydrogen) atoms. The average Bonchev–Trinajstić information content (AvgIpc) is 2.14. The molecule has 1 atom stereocenters. The summed E-state index contributed by atoms with van der Waals surface area (Å²) in [6.07, 6.45) is 0. The molecule has 0 aromatic carbocycles. The van der Waals surface area contributed by atoms with E-state index in [4.69, 9.17) is 24.7 Å². The lowest BCUT2D eigenvalue weighted by Crippen LogP contribution is -2.41. The van der Waals surface area contributed by atoms with Gasteiger partial charge in [-0.15, -0.1) is 0 Å². The minimum Gasteiger partial charge on any atom is -0.480 e. The summed E-state index contributed by atoms with van der Waals surface area (Å²) >= 11 is 0. The largest absolute Gasteiger partial charge is 0.480 e. The van der Waals surface area contributed by atoms with E-state index in [1.54, 1.807) is 0 Å². The van der Waals surface area contributed by atoms with Gasteiger partial charge in [0, 0.05) is 0 Å². The van der Waals surface area contributed by atoms with Crippen molar-refractivity contribution in [2.45, 2.75) is 6.04 Å². The lowest BCUT2D eigenvalue weighted by atomic mass is 10.3. The molecule has 0 saturated heterocycles. The molecule has 0 aliphatic heterocycles. The number of hydrogen-bond acceptors (Lipinski definition) is 6. The molecule has 9 nitrogen and oxygen atoms in total. The van der Waals surface area contributed by atoms with Crippen LogP contribution in [-0.4, -0.2) is 58.6 Å². The first kappa shape index (κ1) is 15.5. The molecule has 0 heterocycles. The normalized spacial score (nSPS) is 13.7. The van der Waals surface area contributed by atoms with Crippen molar-refractivity contribution in [3.05, 3.63) is 0 Å². The molecule has 1 unspecified atom stereocenters. The van der Waals surface area contributed by atoms with Gasteiger partial charge < -0.3 is 24.7 Å². The van der Waals surface area contributed by atoms with Gasteiger partial charge in [0.05, 0.1) is 26.6 Å². The summed E-state index contributed by atoms with van der Waals surface area (Å²) in [5.74, 6) is -1.33. The van der Waals surface area contributed by atoms with Gasteiger partial charge in [-0.3, -0.25) is 14.6 Å². The number of carboxylic acids is 1. The van der Waals surface area contributed by atoms with E-state index in [1.165, 1.54) is 0 Å². The Kier molecular flexibility index (Phi) is 7.43. The van der Waals surface area contributed by atoms with E-state index in [9.17, 15) is 9.36 Å². The molecule has 0 aliphatic carbocycles. The highest BCUT2D eigenvalue weighted by molar-refractivity contribution is 7.46. The maximum Gasteiger partial charge on any atom is 0.469 e. The van der Waals surface area contributed by atoms with Crippen LogP contribution in [-0.2, 0) is 18.6 Å². The van der Waals surface area contributed by atoms with E-state index < -0.39 is 26.4 Å². The van der Waals surface area contributed by atoms with Gasteiger partial charge in [-0.1, -0.05) is 0 Å². The fourth-order valence-corrected chi connectivity index (χ4v) is 1.03. The van der Waals surface area contributed by atoms with Gasteiger partial charge in [-0.05, 0) is 0 Å². The third-order valence-corrected chi connectivity index (χ3v) is 1.86. The zero-order chi connectivity index (χ0) is 12.6. The van der Waals surface area contributed by atoms with E-state index >= 15 is 0 Å². The second kappa shape index (κ2) is 7.69. The van der Waals surface area contributed by atoms with Crippen molar-refractivity contribution in [1.29, 1.82) is 0 Å². The number of phosphoric ester groups is 1.